The Kier molecular flexibility index (Phi) is 8.50. The van der Waals surface area contributed by atoms with Crippen LogP contribution in [0.5, 0.6) is 5.88 Å². The Bertz CT molecular complexity index is 634. The lowest BCUT2D eigenvalue weighted by atomic mass is 10.0. The van der Waals surface area contributed by atoms with Crippen LogP contribution in [0.25, 0.3) is 5.57 Å². The summed E-state index contributed by atoms with van der Waals surface area (Å²) in [4.78, 5) is 11.7. The monoisotopic (exact) mass is 398 g/mol. The maximum Gasteiger partial charge on any atom is 0.512 e. The summed E-state index contributed by atoms with van der Waals surface area (Å²) in [5.41, 5.74) is 1.92. The van der Waals surface area contributed by atoms with Gasteiger partial charge in [0.2, 0.25) is 6.23 Å². The van der Waals surface area contributed by atoms with Crippen molar-refractivity contribution in [1.82, 2.24) is 8.75 Å². The molecule has 2 heterocycles. The zero-order valence-corrected chi connectivity index (χ0v) is 17.7. The SMILES string of the molecule is CCCCCCOc1nsnc1C1=CCC[N+](C)(C(C)OC(=O)OCC)C1. The minimum absolute atomic E-state index is 0.308. The second-order valence-electron chi connectivity index (χ2n) is 7.11. The van der Waals surface area contributed by atoms with E-state index in [0.717, 1.165) is 30.7 Å². The van der Waals surface area contributed by atoms with Gasteiger partial charge in [0, 0.05) is 18.9 Å². The zero-order valence-electron chi connectivity index (χ0n) is 16.9. The van der Waals surface area contributed by atoms with Gasteiger partial charge in [-0.05, 0) is 13.3 Å². The number of carbonyl (C=O) groups excluding carboxylic acids is 1. The van der Waals surface area contributed by atoms with Crippen LogP contribution in [-0.2, 0) is 9.47 Å². The Morgan fingerprint density at radius 3 is 2.85 bits per heavy atom. The number of ether oxygens (including phenoxy) is 3. The predicted molar refractivity (Wildman–Crippen MR) is 106 cm³/mol. The maximum atomic E-state index is 11.7. The Balaban J connectivity index is 1.98. The lowest BCUT2D eigenvalue weighted by Gasteiger charge is -2.40. The van der Waals surface area contributed by atoms with E-state index < -0.39 is 6.16 Å². The van der Waals surface area contributed by atoms with E-state index in [1.165, 1.54) is 31.0 Å². The summed E-state index contributed by atoms with van der Waals surface area (Å²) >= 11 is 1.18. The normalized spacial score (nSPS) is 20.7. The molecule has 1 aliphatic rings. The van der Waals surface area contributed by atoms with Crippen molar-refractivity contribution >= 4 is 23.5 Å². The summed E-state index contributed by atoms with van der Waals surface area (Å²) in [5.74, 6) is 0.621. The van der Waals surface area contributed by atoms with Gasteiger partial charge in [0.05, 0.1) is 38.5 Å². The highest BCUT2D eigenvalue weighted by molar-refractivity contribution is 6.99. The van der Waals surface area contributed by atoms with Crippen molar-refractivity contribution < 1.29 is 23.5 Å². The minimum Gasteiger partial charge on any atom is -0.475 e. The highest BCUT2D eigenvalue weighted by Gasteiger charge is 2.37. The lowest BCUT2D eigenvalue weighted by Crippen LogP contribution is -2.55. The van der Waals surface area contributed by atoms with Gasteiger partial charge in [-0.15, -0.1) is 4.37 Å². The summed E-state index contributed by atoms with van der Waals surface area (Å²) in [6.45, 7) is 8.44. The van der Waals surface area contributed by atoms with Crippen molar-refractivity contribution in [1.29, 1.82) is 0 Å². The average molecular weight is 399 g/mol. The van der Waals surface area contributed by atoms with E-state index in [9.17, 15) is 4.79 Å². The maximum absolute atomic E-state index is 11.7. The molecule has 2 unspecified atom stereocenters. The number of rotatable bonds is 10. The van der Waals surface area contributed by atoms with E-state index in [0.29, 0.717) is 30.1 Å². The summed E-state index contributed by atoms with van der Waals surface area (Å²) in [7, 11) is 2.09. The van der Waals surface area contributed by atoms with E-state index in [-0.39, 0.29) is 6.23 Å². The molecule has 0 spiro atoms. The highest BCUT2D eigenvalue weighted by Crippen LogP contribution is 2.31. The van der Waals surface area contributed by atoms with Crippen LogP contribution in [0, 0.1) is 0 Å². The molecular formula is C19H32N3O4S+. The fourth-order valence-corrected chi connectivity index (χ4v) is 3.67. The molecule has 7 nitrogen and oxygen atoms in total. The number of likely N-dealkylation sites (N-methyl/N-ethyl adjacent to an activating group) is 1. The molecule has 1 aromatic rings. The van der Waals surface area contributed by atoms with Crippen molar-refractivity contribution in [2.24, 2.45) is 0 Å². The van der Waals surface area contributed by atoms with Crippen molar-refractivity contribution in [3.8, 4) is 5.88 Å². The fourth-order valence-electron chi connectivity index (χ4n) is 3.14. The van der Waals surface area contributed by atoms with Crippen LogP contribution in [0.2, 0.25) is 0 Å². The first-order chi connectivity index (χ1) is 13.0. The van der Waals surface area contributed by atoms with Gasteiger partial charge < -0.3 is 14.2 Å². The summed E-state index contributed by atoms with van der Waals surface area (Å²) in [6, 6.07) is 0. The van der Waals surface area contributed by atoms with Gasteiger partial charge in [0.25, 0.3) is 5.88 Å². The number of aromatic nitrogens is 2. The molecule has 2 rings (SSSR count). The number of unbranched alkanes of at least 4 members (excludes halogenated alkanes) is 3. The average Bonchev–Trinajstić information content (AvgIpc) is 3.10. The molecule has 2 atom stereocenters. The summed E-state index contributed by atoms with van der Waals surface area (Å²) in [6.07, 6.45) is 6.79. The molecule has 1 aromatic heterocycles. The Labute approximate surface area is 166 Å². The third-order valence-corrected chi connectivity index (χ3v) is 5.48. The highest BCUT2D eigenvalue weighted by atomic mass is 32.1. The van der Waals surface area contributed by atoms with Gasteiger partial charge in [-0.3, -0.25) is 4.48 Å². The van der Waals surface area contributed by atoms with Crippen LogP contribution in [0.3, 0.4) is 0 Å². The van der Waals surface area contributed by atoms with Gasteiger partial charge in [0.1, 0.15) is 12.2 Å². The first-order valence-corrected chi connectivity index (χ1v) is 10.6. The number of nitrogens with zero attached hydrogens (tertiary/aromatic N) is 3. The standard InChI is InChI=1S/C19H32N3O4S/c1-5-7-8-9-13-25-18-17(20-27-21-18)16-11-10-12-22(4,14-16)15(3)26-19(23)24-6-2/h11,15H,5-10,12-14H2,1-4H3/q+1. The van der Waals surface area contributed by atoms with E-state index in [1.54, 1.807) is 6.92 Å². The molecule has 8 heteroatoms. The minimum atomic E-state index is -0.619. The third kappa shape index (κ3) is 6.17. The van der Waals surface area contributed by atoms with E-state index in [2.05, 4.69) is 28.8 Å². The molecule has 0 aromatic carbocycles. The Morgan fingerprint density at radius 1 is 1.30 bits per heavy atom. The third-order valence-electron chi connectivity index (χ3n) is 4.97. The molecule has 27 heavy (non-hydrogen) atoms. The van der Waals surface area contributed by atoms with Crippen LogP contribution < -0.4 is 4.74 Å². The van der Waals surface area contributed by atoms with Crippen molar-refractivity contribution in [2.75, 3.05) is 33.4 Å². The second-order valence-corrected chi connectivity index (χ2v) is 7.63. The van der Waals surface area contributed by atoms with Gasteiger partial charge in [-0.1, -0.05) is 32.3 Å². The lowest BCUT2D eigenvalue weighted by molar-refractivity contribution is -0.944. The topological polar surface area (TPSA) is 70.5 Å². The van der Waals surface area contributed by atoms with E-state index in [4.69, 9.17) is 14.2 Å². The van der Waals surface area contributed by atoms with E-state index in [1.807, 2.05) is 6.92 Å². The molecular weight excluding hydrogens is 366 g/mol. The van der Waals surface area contributed by atoms with Gasteiger partial charge >= 0.3 is 6.16 Å². The molecule has 152 valence electrons. The zero-order chi connectivity index (χ0) is 19.7. The van der Waals surface area contributed by atoms with E-state index >= 15 is 0 Å². The van der Waals surface area contributed by atoms with Crippen LogP contribution in [-0.4, -0.2) is 59.0 Å². The molecule has 0 saturated carbocycles. The molecule has 0 aliphatic carbocycles. The number of hydrogen-bond donors (Lipinski definition) is 0. The van der Waals surface area contributed by atoms with Crippen LogP contribution >= 0.6 is 11.7 Å². The second kappa shape index (κ2) is 10.6. The molecule has 0 fully saturated rings. The number of hydrogen-bond acceptors (Lipinski definition) is 7. The first-order valence-electron chi connectivity index (χ1n) is 9.82. The van der Waals surface area contributed by atoms with Gasteiger partial charge in [-0.25, -0.2) is 4.79 Å². The quantitative estimate of drug-likeness (QED) is 0.333. The van der Waals surface area contributed by atoms with Crippen molar-refractivity contribution in [2.45, 2.75) is 59.1 Å². The molecule has 0 radical (unpaired) electrons. The number of quaternary nitrogens is 1. The largest absolute Gasteiger partial charge is 0.512 e. The van der Waals surface area contributed by atoms with Crippen molar-refractivity contribution in [3.63, 3.8) is 0 Å². The fraction of sp³-hybridized carbons (Fsp3) is 0.737. The predicted octanol–water partition coefficient (Wildman–Crippen LogP) is 4.25. The Morgan fingerprint density at radius 2 is 2.11 bits per heavy atom. The smallest absolute Gasteiger partial charge is 0.475 e. The molecule has 0 N–H and O–H groups in total. The summed E-state index contributed by atoms with van der Waals surface area (Å²) < 4.78 is 25.6. The molecule has 1 aliphatic heterocycles. The molecule has 0 amide bonds. The van der Waals surface area contributed by atoms with Crippen molar-refractivity contribution in [3.05, 3.63) is 11.8 Å². The van der Waals surface area contributed by atoms with Gasteiger partial charge in [0.15, 0.2) is 0 Å². The molecule has 0 bridgehead atoms. The summed E-state index contributed by atoms with van der Waals surface area (Å²) in [5, 5.41) is 0. The first kappa shape index (κ1) is 21.6. The Hall–Kier alpha value is -1.67. The van der Waals surface area contributed by atoms with Gasteiger partial charge in [-0.2, -0.15) is 4.37 Å². The van der Waals surface area contributed by atoms with Crippen LogP contribution in [0.1, 0.15) is 58.6 Å². The molecule has 0 saturated heterocycles. The van der Waals surface area contributed by atoms with Crippen LogP contribution in [0.15, 0.2) is 6.08 Å². The van der Waals surface area contributed by atoms with Crippen LogP contribution in [0.4, 0.5) is 4.79 Å². The number of carbonyl (C=O) groups is 1.